The third-order valence-electron chi connectivity index (χ3n) is 2.59. The van der Waals surface area contributed by atoms with E-state index in [-0.39, 0.29) is 12.4 Å². The average molecular weight is 371 g/mol. The fourth-order valence-corrected chi connectivity index (χ4v) is 2.78. The van der Waals surface area contributed by atoms with Crippen LogP contribution in [0.1, 0.15) is 12.6 Å². The van der Waals surface area contributed by atoms with Gasteiger partial charge in [0.1, 0.15) is 5.75 Å². The Hall–Kier alpha value is -1.60. The van der Waals surface area contributed by atoms with E-state index in [1.807, 2.05) is 23.6 Å². The maximum atomic E-state index is 11.4. The van der Waals surface area contributed by atoms with Crippen molar-refractivity contribution in [3.63, 3.8) is 0 Å². The van der Waals surface area contributed by atoms with Gasteiger partial charge in [0.15, 0.2) is 5.13 Å². The lowest BCUT2D eigenvalue weighted by Crippen LogP contribution is -2.07. The Labute approximate surface area is 135 Å². The quantitative estimate of drug-likeness (QED) is 0.784. The van der Waals surface area contributed by atoms with Crippen LogP contribution in [-0.2, 0) is 16.0 Å². The number of nitrogens with one attached hydrogen (secondary N) is 1. The molecule has 1 aromatic carbocycles. The third kappa shape index (κ3) is 4.44. The second-order valence-electron chi connectivity index (χ2n) is 4.10. The Balaban J connectivity index is 2.09. The van der Waals surface area contributed by atoms with Gasteiger partial charge in [-0.05, 0) is 25.1 Å². The SMILES string of the molecule is CCOC(=O)Cc1csc(Nc2cc(Br)ccc2OC)n1. The Morgan fingerprint density at radius 1 is 1.48 bits per heavy atom. The van der Waals surface area contributed by atoms with E-state index < -0.39 is 0 Å². The van der Waals surface area contributed by atoms with Gasteiger partial charge in [0.25, 0.3) is 0 Å². The normalized spacial score (nSPS) is 10.2. The summed E-state index contributed by atoms with van der Waals surface area (Å²) < 4.78 is 11.1. The molecule has 0 aliphatic carbocycles. The molecule has 0 fully saturated rings. The molecule has 112 valence electrons. The molecule has 2 rings (SSSR count). The molecule has 7 heteroatoms. The predicted molar refractivity (Wildman–Crippen MR) is 86.4 cm³/mol. The number of thiazole rings is 1. The average Bonchev–Trinajstić information content (AvgIpc) is 2.86. The van der Waals surface area contributed by atoms with Gasteiger partial charge in [-0.1, -0.05) is 15.9 Å². The largest absolute Gasteiger partial charge is 0.495 e. The number of hydrogen-bond acceptors (Lipinski definition) is 6. The highest BCUT2D eigenvalue weighted by molar-refractivity contribution is 9.10. The molecule has 1 N–H and O–H groups in total. The van der Waals surface area contributed by atoms with Crippen molar-refractivity contribution in [3.05, 3.63) is 33.7 Å². The van der Waals surface area contributed by atoms with Crippen LogP contribution in [0.5, 0.6) is 5.75 Å². The summed E-state index contributed by atoms with van der Waals surface area (Å²) in [6.07, 6.45) is 0.182. The van der Waals surface area contributed by atoms with Crippen molar-refractivity contribution in [2.45, 2.75) is 13.3 Å². The van der Waals surface area contributed by atoms with Crippen LogP contribution in [0.3, 0.4) is 0 Å². The first-order valence-electron chi connectivity index (χ1n) is 6.33. The summed E-state index contributed by atoms with van der Waals surface area (Å²) in [5.41, 5.74) is 1.50. The molecule has 0 spiro atoms. The lowest BCUT2D eigenvalue weighted by molar-refractivity contribution is -0.142. The van der Waals surface area contributed by atoms with E-state index in [0.29, 0.717) is 17.4 Å². The number of carbonyl (C=O) groups is 1. The van der Waals surface area contributed by atoms with Gasteiger partial charge in [-0.15, -0.1) is 11.3 Å². The molecule has 0 atom stereocenters. The Morgan fingerprint density at radius 2 is 2.29 bits per heavy atom. The molecule has 0 unspecified atom stereocenters. The number of esters is 1. The zero-order valence-corrected chi connectivity index (χ0v) is 14.1. The summed E-state index contributed by atoms with van der Waals surface area (Å²) in [5, 5.41) is 5.73. The molecule has 1 heterocycles. The predicted octanol–water partition coefficient (Wildman–Crippen LogP) is 3.76. The summed E-state index contributed by atoms with van der Waals surface area (Å²) >= 11 is 4.85. The first kappa shape index (κ1) is 15.8. The number of methoxy groups -OCH3 is 1. The van der Waals surface area contributed by atoms with E-state index in [1.165, 1.54) is 11.3 Å². The topological polar surface area (TPSA) is 60.5 Å². The number of hydrogen-bond donors (Lipinski definition) is 1. The molecule has 0 aliphatic heterocycles. The second kappa shape index (κ2) is 7.42. The Morgan fingerprint density at radius 3 is 3.00 bits per heavy atom. The van der Waals surface area contributed by atoms with Crippen LogP contribution in [0.2, 0.25) is 0 Å². The molecular formula is C14H15BrN2O3S. The lowest BCUT2D eigenvalue weighted by Gasteiger charge is -2.09. The number of nitrogens with zero attached hydrogens (tertiary/aromatic N) is 1. The van der Waals surface area contributed by atoms with E-state index in [9.17, 15) is 4.79 Å². The highest BCUT2D eigenvalue weighted by atomic mass is 79.9. The maximum absolute atomic E-state index is 11.4. The van der Waals surface area contributed by atoms with Gasteiger partial charge < -0.3 is 14.8 Å². The number of aromatic nitrogens is 1. The lowest BCUT2D eigenvalue weighted by atomic mass is 10.3. The molecule has 0 saturated heterocycles. The summed E-state index contributed by atoms with van der Waals surface area (Å²) in [6, 6.07) is 5.67. The number of benzene rings is 1. The van der Waals surface area contributed by atoms with Crippen molar-refractivity contribution in [2.24, 2.45) is 0 Å². The second-order valence-corrected chi connectivity index (χ2v) is 5.87. The van der Waals surface area contributed by atoms with E-state index in [4.69, 9.17) is 9.47 Å². The number of anilines is 2. The molecule has 5 nitrogen and oxygen atoms in total. The molecular weight excluding hydrogens is 356 g/mol. The molecule has 2 aromatic rings. The van der Waals surface area contributed by atoms with Gasteiger partial charge in [-0.25, -0.2) is 4.98 Å². The van der Waals surface area contributed by atoms with Gasteiger partial charge in [-0.2, -0.15) is 0 Å². The standard InChI is InChI=1S/C14H15BrN2O3S/c1-3-20-13(18)7-10-8-21-14(16-10)17-11-6-9(15)4-5-12(11)19-2/h4-6,8H,3,7H2,1-2H3,(H,16,17). The number of ether oxygens (including phenoxy) is 2. The van der Waals surface area contributed by atoms with Gasteiger partial charge >= 0.3 is 5.97 Å². The van der Waals surface area contributed by atoms with Crippen LogP contribution < -0.4 is 10.1 Å². The first-order chi connectivity index (χ1) is 10.1. The number of rotatable bonds is 6. The van der Waals surface area contributed by atoms with Crippen molar-refractivity contribution >= 4 is 44.1 Å². The van der Waals surface area contributed by atoms with Crippen molar-refractivity contribution in [1.82, 2.24) is 4.98 Å². The fourth-order valence-electron chi connectivity index (χ4n) is 1.70. The summed E-state index contributed by atoms with van der Waals surface area (Å²) in [7, 11) is 1.61. The Kier molecular flexibility index (Phi) is 5.58. The monoisotopic (exact) mass is 370 g/mol. The third-order valence-corrected chi connectivity index (χ3v) is 3.89. The van der Waals surface area contributed by atoms with E-state index in [1.54, 1.807) is 14.0 Å². The summed E-state index contributed by atoms with van der Waals surface area (Å²) in [4.78, 5) is 15.8. The highest BCUT2D eigenvalue weighted by Gasteiger charge is 2.10. The van der Waals surface area contributed by atoms with E-state index in [0.717, 1.165) is 15.9 Å². The van der Waals surface area contributed by atoms with Crippen molar-refractivity contribution in [2.75, 3.05) is 19.0 Å². The Bertz CT molecular complexity index is 630. The van der Waals surface area contributed by atoms with E-state index in [2.05, 4.69) is 26.2 Å². The van der Waals surface area contributed by atoms with Gasteiger partial charge in [0.2, 0.25) is 0 Å². The smallest absolute Gasteiger partial charge is 0.311 e. The zero-order chi connectivity index (χ0) is 15.2. The van der Waals surface area contributed by atoms with Crippen LogP contribution in [0.25, 0.3) is 0 Å². The minimum atomic E-state index is -0.269. The molecule has 0 saturated carbocycles. The molecule has 0 aliphatic rings. The van der Waals surface area contributed by atoms with Crippen molar-refractivity contribution < 1.29 is 14.3 Å². The molecule has 1 aromatic heterocycles. The van der Waals surface area contributed by atoms with Gasteiger partial charge in [-0.3, -0.25) is 4.79 Å². The van der Waals surface area contributed by atoms with Crippen LogP contribution >= 0.6 is 27.3 Å². The molecule has 0 amide bonds. The highest BCUT2D eigenvalue weighted by Crippen LogP contribution is 2.31. The van der Waals surface area contributed by atoms with Crippen molar-refractivity contribution in [1.29, 1.82) is 0 Å². The number of carbonyl (C=O) groups excluding carboxylic acids is 1. The van der Waals surface area contributed by atoms with Gasteiger partial charge in [0.05, 0.1) is 31.5 Å². The summed E-state index contributed by atoms with van der Waals surface area (Å²) in [6.45, 7) is 2.16. The van der Waals surface area contributed by atoms with Crippen LogP contribution in [0.4, 0.5) is 10.8 Å². The first-order valence-corrected chi connectivity index (χ1v) is 8.00. The fraction of sp³-hybridized carbons (Fsp3) is 0.286. The molecule has 21 heavy (non-hydrogen) atoms. The van der Waals surface area contributed by atoms with Crippen LogP contribution in [-0.4, -0.2) is 24.7 Å². The number of halogens is 1. The summed E-state index contributed by atoms with van der Waals surface area (Å²) in [5.74, 6) is 0.453. The van der Waals surface area contributed by atoms with E-state index >= 15 is 0 Å². The van der Waals surface area contributed by atoms with Crippen LogP contribution in [0.15, 0.2) is 28.1 Å². The maximum Gasteiger partial charge on any atom is 0.311 e. The molecule has 0 radical (unpaired) electrons. The minimum Gasteiger partial charge on any atom is -0.495 e. The van der Waals surface area contributed by atoms with Crippen molar-refractivity contribution in [3.8, 4) is 5.75 Å². The van der Waals surface area contributed by atoms with Gasteiger partial charge in [0, 0.05) is 9.85 Å². The minimum absolute atomic E-state index is 0.182. The molecule has 0 bridgehead atoms. The van der Waals surface area contributed by atoms with Crippen LogP contribution in [0, 0.1) is 0 Å². The zero-order valence-electron chi connectivity index (χ0n) is 11.7.